The Morgan fingerprint density at radius 1 is 0.941 bits per heavy atom. The Labute approximate surface area is 107 Å². The molecule has 0 fully saturated rings. The Kier molecular flexibility index (Phi) is 3.89. The van der Waals surface area contributed by atoms with Gasteiger partial charge in [0, 0.05) is 4.83 Å². The zero-order valence-corrected chi connectivity index (χ0v) is 10.6. The normalized spacial score (nSPS) is 12.4. The van der Waals surface area contributed by atoms with Crippen molar-refractivity contribution in [2.24, 2.45) is 0 Å². The van der Waals surface area contributed by atoms with Crippen LogP contribution in [0.4, 0.5) is 8.78 Å². The van der Waals surface area contributed by atoms with Crippen molar-refractivity contribution >= 4 is 15.9 Å². The van der Waals surface area contributed by atoms with E-state index < -0.39 is 11.6 Å². The van der Waals surface area contributed by atoms with Gasteiger partial charge in [0.1, 0.15) is 0 Å². The summed E-state index contributed by atoms with van der Waals surface area (Å²) in [6, 6.07) is 13.9. The molecule has 2 aromatic carbocycles. The van der Waals surface area contributed by atoms with Crippen molar-refractivity contribution in [1.82, 2.24) is 0 Å². The van der Waals surface area contributed by atoms with E-state index >= 15 is 0 Å². The first kappa shape index (κ1) is 12.2. The van der Waals surface area contributed by atoms with Crippen LogP contribution in [0.2, 0.25) is 0 Å². The molecule has 88 valence electrons. The van der Waals surface area contributed by atoms with E-state index in [-0.39, 0.29) is 4.83 Å². The van der Waals surface area contributed by atoms with Crippen LogP contribution < -0.4 is 0 Å². The molecule has 0 N–H and O–H groups in total. The molecule has 0 radical (unpaired) electrons. The first-order valence-corrected chi connectivity index (χ1v) is 6.22. The summed E-state index contributed by atoms with van der Waals surface area (Å²) in [6.45, 7) is 0. The van der Waals surface area contributed by atoms with Gasteiger partial charge in [0.15, 0.2) is 11.6 Å². The molecule has 0 nitrogen and oxygen atoms in total. The fraction of sp³-hybridized carbons (Fsp3) is 0.143. The summed E-state index contributed by atoms with van der Waals surface area (Å²) in [7, 11) is 0. The summed E-state index contributed by atoms with van der Waals surface area (Å²) in [4.78, 5) is -0.0139. The maximum Gasteiger partial charge on any atom is 0.162 e. The zero-order chi connectivity index (χ0) is 12.3. The second-order valence-electron chi connectivity index (χ2n) is 3.80. The number of alkyl halides is 1. The predicted octanol–water partition coefficient (Wildman–Crippen LogP) is 4.64. The van der Waals surface area contributed by atoms with Crippen LogP contribution in [0, 0.1) is 11.6 Å². The summed E-state index contributed by atoms with van der Waals surface area (Å²) in [5.41, 5.74) is 1.44. The van der Waals surface area contributed by atoms with E-state index in [0.717, 1.165) is 11.6 Å². The van der Waals surface area contributed by atoms with Gasteiger partial charge >= 0.3 is 0 Å². The van der Waals surface area contributed by atoms with Gasteiger partial charge in [0.05, 0.1) is 0 Å². The Balaban J connectivity index is 2.19. The van der Waals surface area contributed by atoms with Crippen molar-refractivity contribution in [2.45, 2.75) is 11.2 Å². The number of benzene rings is 2. The summed E-state index contributed by atoms with van der Waals surface area (Å²) in [5.74, 6) is -1.55. The Hall–Kier alpha value is -1.22. The summed E-state index contributed by atoms with van der Waals surface area (Å²) >= 11 is 3.49. The third-order valence-corrected chi connectivity index (χ3v) is 3.44. The second kappa shape index (κ2) is 5.41. The zero-order valence-electron chi connectivity index (χ0n) is 9.04. The van der Waals surface area contributed by atoms with Gasteiger partial charge in [-0.15, -0.1) is 0 Å². The van der Waals surface area contributed by atoms with Crippen molar-refractivity contribution < 1.29 is 8.78 Å². The van der Waals surface area contributed by atoms with Gasteiger partial charge in [-0.25, -0.2) is 8.78 Å². The lowest BCUT2D eigenvalue weighted by molar-refractivity contribution is 0.498. The lowest BCUT2D eigenvalue weighted by Gasteiger charge is -2.11. The molecule has 0 aliphatic carbocycles. The van der Waals surface area contributed by atoms with Crippen molar-refractivity contribution in [3.63, 3.8) is 0 Å². The molecule has 0 saturated carbocycles. The molecule has 0 aliphatic heterocycles. The third-order valence-electron chi connectivity index (χ3n) is 2.59. The minimum Gasteiger partial charge on any atom is -0.204 e. The SMILES string of the molecule is Fc1cccc(CC(Br)c2ccccc2)c1F. The fourth-order valence-electron chi connectivity index (χ4n) is 1.68. The first-order chi connectivity index (χ1) is 8.18. The number of rotatable bonds is 3. The van der Waals surface area contributed by atoms with Crippen molar-refractivity contribution in [3.8, 4) is 0 Å². The van der Waals surface area contributed by atoms with Crippen molar-refractivity contribution in [2.75, 3.05) is 0 Å². The molecule has 3 heteroatoms. The molecule has 0 bridgehead atoms. The molecule has 0 aromatic heterocycles. The number of halogens is 3. The van der Waals surface area contributed by atoms with E-state index in [9.17, 15) is 8.78 Å². The predicted molar refractivity (Wildman–Crippen MR) is 68.2 cm³/mol. The van der Waals surface area contributed by atoms with Crippen molar-refractivity contribution in [1.29, 1.82) is 0 Å². The van der Waals surface area contributed by atoms with Crippen LogP contribution in [-0.4, -0.2) is 0 Å². The van der Waals surface area contributed by atoms with E-state index in [1.54, 1.807) is 6.07 Å². The van der Waals surface area contributed by atoms with Crippen LogP contribution in [-0.2, 0) is 6.42 Å². The molecule has 0 spiro atoms. The van der Waals surface area contributed by atoms with E-state index in [0.29, 0.717) is 12.0 Å². The Morgan fingerprint density at radius 2 is 1.65 bits per heavy atom. The first-order valence-electron chi connectivity index (χ1n) is 5.30. The highest BCUT2D eigenvalue weighted by Gasteiger charge is 2.13. The highest BCUT2D eigenvalue weighted by Crippen LogP contribution is 2.28. The number of hydrogen-bond acceptors (Lipinski definition) is 0. The topological polar surface area (TPSA) is 0 Å². The molecule has 2 rings (SSSR count). The summed E-state index contributed by atoms with van der Waals surface area (Å²) in [5, 5.41) is 0. The van der Waals surface area contributed by atoms with Gasteiger partial charge < -0.3 is 0 Å². The van der Waals surface area contributed by atoms with Gasteiger partial charge in [0.2, 0.25) is 0 Å². The Morgan fingerprint density at radius 3 is 2.35 bits per heavy atom. The average molecular weight is 297 g/mol. The van der Waals surface area contributed by atoms with E-state index in [4.69, 9.17) is 0 Å². The van der Waals surface area contributed by atoms with Crippen LogP contribution in [0.1, 0.15) is 16.0 Å². The number of hydrogen-bond donors (Lipinski definition) is 0. The molecule has 1 unspecified atom stereocenters. The molecule has 2 aromatic rings. The molecule has 0 saturated heterocycles. The van der Waals surface area contributed by atoms with E-state index in [1.807, 2.05) is 30.3 Å². The molecule has 0 amide bonds. The maximum atomic E-state index is 13.5. The van der Waals surface area contributed by atoms with Gasteiger partial charge in [-0.2, -0.15) is 0 Å². The largest absolute Gasteiger partial charge is 0.204 e. The van der Waals surface area contributed by atoms with Crippen LogP contribution in [0.25, 0.3) is 0 Å². The fourth-order valence-corrected chi connectivity index (χ4v) is 2.33. The second-order valence-corrected chi connectivity index (χ2v) is 4.90. The molecular formula is C14H11BrF2. The highest BCUT2D eigenvalue weighted by molar-refractivity contribution is 9.09. The molecule has 17 heavy (non-hydrogen) atoms. The maximum absolute atomic E-state index is 13.5. The van der Waals surface area contributed by atoms with Gasteiger partial charge in [-0.1, -0.05) is 58.4 Å². The standard InChI is InChI=1S/C14H11BrF2/c15-12(10-5-2-1-3-6-10)9-11-7-4-8-13(16)14(11)17/h1-8,12H,9H2. The molecule has 0 heterocycles. The lowest BCUT2D eigenvalue weighted by atomic mass is 10.0. The smallest absolute Gasteiger partial charge is 0.162 e. The van der Waals surface area contributed by atoms with Gasteiger partial charge in [-0.05, 0) is 23.6 Å². The van der Waals surface area contributed by atoms with Crippen molar-refractivity contribution in [3.05, 3.63) is 71.3 Å². The minimum atomic E-state index is -0.796. The van der Waals surface area contributed by atoms with Crippen LogP contribution in [0.15, 0.2) is 48.5 Å². The van der Waals surface area contributed by atoms with E-state index in [1.165, 1.54) is 6.07 Å². The van der Waals surface area contributed by atoms with Crippen LogP contribution in [0.5, 0.6) is 0 Å². The van der Waals surface area contributed by atoms with Crippen LogP contribution >= 0.6 is 15.9 Å². The highest BCUT2D eigenvalue weighted by atomic mass is 79.9. The van der Waals surface area contributed by atoms with E-state index in [2.05, 4.69) is 15.9 Å². The molecule has 0 aliphatic rings. The van der Waals surface area contributed by atoms with Gasteiger partial charge in [0.25, 0.3) is 0 Å². The van der Waals surface area contributed by atoms with Crippen LogP contribution in [0.3, 0.4) is 0 Å². The molecule has 1 atom stereocenters. The summed E-state index contributed by atoms with van der Waals surface area (Å²) in [6.07, 6.45) is 0.424. The summed E-state index contributed by atoms with van der Waals surface area (Å²) < 4.78 is 26.5. The Bertz CT molecular complexity index is 497. The average Bonchev–Trinajstić information content (AvgIpc) is 2.36. The minimum absolute atomic E-state index is 0.0139. The third kappa shape index (κ3) is 2.91. The van der Waals surface area contributed by atoms with Gasteiger partial charge in [-0.3, -0.25) is 0 Å². The lowest BCUT2D eigenvalue weighted by Crippen LogP contribution is -1.99. The molecular weight excluding hydrogens is 286 g/mol. The quantitative estimate of drug-likeness (QED) is 0.724. The monoisotopic (exact) mass is 296 g/mol.